The van der Waals surface area contributed by atoms with Crippen molar-refractivity contribution in [2.24, 2.45) is 5.73 Å². The molecule has 5 rings (SSSR count). The highest BCUT2D eigenvalue weighted by Crippen LogP contribution is 2.41. The lowest BCUT2D eigenvalue weighted by Gasteiger charge is -2.30. The quantitative estimate of drug-likeness (QED) is 0.510. The van der Waals surface area contributed by atoms with Gasteiger partial charge in [-0.2, -0.15) is 0 Å². The first-order valence-corrected chi connectivity index (χ1v) is 12.6. The smallest absolute Gasteiger partial charge is 0.264 e. The number of piperidine rings is 1. The Bertz CT molecular complexity index is 1280. The predicted molar refractivity (Wildman–Crippen MR) is 137 cm³/mol. The van der Waals surface area contributed by atoms with Crippen LogP contribution in [0.15, 0.2) is 48.5 Å². The van der Waals surface area contributed by atoms with Gasteiger partial charge in [-0.25, -0.2) is 9.24 Å². The van der Waals surface area contributed by atoms with Crippen molar-refractivity contribution in [2.75, 3.05) is 31.1 Å². The van der Waals surface area contributed by atoms with Gasteiger partial charge in [0.05, 0.1) is 17.6 Å². The van der Waals surface area contributed by atoms with E-state index in [1.54, 1.807) is 11.0 Å². The lowest BCUT2D eigenvalue weighted by Crippen LogP contribution is -2.45. The molecule has 35 heavy (non-hydrogen) atoms. The lowest BCUT2D eigenvalue weighted by molar-refractivity contribution is 0.0713. The number of likely N-dealkylation sites (tertiary alicyclic amines) is 1. The molecule has 0 spiro atoms. The van der Waals surface area contributed by atoms with Crippen molar-refractivity contribution in [3.8, 4) is 21.6 Å². The van der Waals surface area contributed by atoms with Crippen LogP contribution in [-0.2, 0) is 0 Å². The van der Waals surface area contributed by atoms with Gasteiger partial charge >= 0.3 is 0 Å². The van der Waals surface area contributed by atoms with Gasteiger partial charge in [0.25, 0.3) is 5.91 Å². The summed E-state index contributed by atoms with van der Waals surface area (Å²) in [6.07, 6.45) is 2.25. The van der Waals surface area contributed by atoms with Gasteiger partial charge in [0.1, 0.15) is 5.82 Å². The monoisotopic (exact) mass is 490 g/mol. The van der Waals surface area contributed by atoms with E-state index in [1.165, 1.54) is 23.5 Å². The number of nitrogens with two attached hydrogens (primary N) is 1. The number of β-amino-alcohol motifs (C(OH)–C–C–N with tert-alkyl or cyclic N) is 1. The van der Waals surface area contributed by atoms with Gasteiger partial charge in [0.2, 0.25) is 5.69 Å². The molecule has 180 valence electrons. The number of carbonyl (C=O) groups is 1. The van der Waals surface area contributed by atoms with E-state index in [0.717, 1.165) is 47.5 Å². The Morgan fingerprint density at radius 1 is 1.09 bits per heavy atom. The van der Waals surface area contributed by atoms with Crippen LogP contribution in [-0.4, -0.2) is 54.2 Å². The molecular weight excluding hydrogens is 463 g/mol. The van der Waals surface area contributed by atoms with E-state index < -0.39 is 5.82 Å². The van der Waals surface area contributed by atoms with Gasteiger partial charge in [-0.1, -0.05) is 24.3 Å². The topological polar surface area (TPSA) is 74.2 Å². The molecule has 0 bridgehead atoms. The van der Waals surface area contributed by atoms with Crippen LogP contribution < -0.4 is 10.6 Å². The third kappa shape index (κ3) is 4.80. The first-order valence-electron chi connectivity index (χ1n) is 11.8. The van der Waals surface area contributed by atoms with Gasteiger partial charge < -0.3 is 20.6 Å². The maximum atomic E-state index is 14.5. The summed E-state index contributed by atoms with van der Waals surface area (Å²) >= 11 is 1.40. The Morgan fingerprint density at radius 2 is 1.86 bits per heavy atom. The van der Waals surface area contributed by atoms with E-state index in [4.69, 9.17) is 12.3 Å². The number of hydrogen-bond acceptors (Lipinski definition) is 5. The third-order valence-corrected chi connectivity index (χ3v) is 7.90. The van der Waals surface area contributed by atoms with Crippen LogP contribution in [0.1, 0.15) is 28.9 Å². The first kappa shape index (κ1) is 23.5. The Morgan fingerprint density at radius 3 is 2.51 bits per heavy atom. The Kier molecular flexibility index (Phi) is 6.56. The number of halogens is 1. The van der Waals surface area contributed by atoms with Crippen molar-refractivity contribution >= 4 is 28.6 Å². The fourth-order valence-electron chi connectivity index (χ4n) is 4.84. The molecular formula is C27H27FN4O2S. The summed E-state index contributed by atoms with van der Waals surface area (Å²) in [7, 11) is 0. The van der Waals surface area contributed by atoms with E-state index in [2.05, 4.69) is 9.74 Å². The molecule has 2 aliphatic heterocycles. The van der Waals surface area contributed by atoms with Crippen LogP contribution >= 0.6 is 11.3 Å². The second-order valence-electron chi connectivity index (χ2n) is 9.22. The number of benzene rings is 2. The molecule has 0 unspecified atom stereocenters. The van der Waals surface area contributed by atoms with Crippen molar-refractivity contribution in [1.82, 2.24) is 4.90 Å². The van der Waals surface area contributed by atoms with E-state index >= 15 is 0 Å². The summed E-state index contributed by atoms with van der Waals surface area (Å²) in [5.74, 6) is -0.633. The zero-order valence-electron chi connectivity index (χ0n) is 19.3. The Balaban J connectivity index is 1.53. The number of hydrogen-bond donors (Lipinski definition) is 2. The number of rotatable bonds is 4. The summed E-state index contributed by atoms with van der Waals surface area (Å²) in [5, 5.41) is 9.86. The number of amides is 1. The molecule has 2 saturated heterocycles. The summed E-state index contributed by atoms with van der Waals surface area (Å²) in [5.41, 5.74) is 9.43. The van der Waals surface area contributed by atoms with Crippen molar-refractivity contribution in [3.05, 3.63) is 70.6 Å². The number of anilines is 1. The Hall–Kier alpha value is -3.25. The van der Waals surface area contributed by atoms with Crippen LogP contribution in [0.2, 0.25) is 0 Å². The molecule has 3 N–H and O–H groups in total. The number of thiophene rings is 1. The maximum absolute atomic E-state index is 14.5. The predicted octanol–water partition coefficient (Wildman–Crippen LogP) is 4.91. The summed E-state index contributed by atoms with van der Waals surface area (Å²) in [4.78, 5) is 22.0. The number of aliphatic hydroxyl groups is 1. The van der Waals surface area contributed by atoms with Gasteiger partial charge in [-0.05, 0) is 54.7 Å². The highest BCUT2D eigenvalue weighted by molar-refractivity contribution is 7.18. The van der Waals surface area contributed by atoms with E-state index in [9.17, 15) is 14.3 Å². The van der Waals surface area contributed by atoms with Crippen molar-refractivity contribution in [3.63, 3.8) is 0 Å². The normalized spacial score (nSPS) is 20.2. The molecule has 2 fully saturated rings. The van der Waals surface area contributed by atoms with E-state index in [1.807, 2.05) is 30.3 Å². The number of carbonyl (C=O) groups excluding carboxylic acids is 1. The average molecular weight is 491 g/mol. The van der Waals surface area contributed by atoms with Gasteiger partial charge in [0.15, 0.2) is 0 Å². The molecule has 1 amide bonds. The fraction of sp³-hybridized carbons (Fsp3) is 0.333. The minimum absolute atomic E-state index is 0.0153. The van der Waals surface area contributed by atoms with Gasteiger partial charge in [0, 0.05) is 48.3 Å². The minimum atomic E-state index is -0.576. The molecule has 2 aliphatic rings. The third-order valence-electron chi connectivity index (χ3n) is 6.73. The van der Waals surface area contributed by atoms with Crippen molar-refractivity contribution in [1.29, 1.82) is 0 Å². The fourth-order valence-corrected chi connectivity index (χ4v) is 5.99. The van der Waals surface area contributed by atoms with Crippen LogP contribution in [0, 0.1) is 12.4 Å². The lowest BCUT2D eigenvalue weighted by atomic mass is 10.0. The number of nitrogens with zero attached hydrogens (tertiary/aromatic N) is 3. The van der Waals surface area contributed by atoms with Crippen LogP contribution in [0.4, 0.5) is 15.8 Å². The molecule has 0 radical (unpaired) electrons. The van der Waals surface area contributed by atoms with Crippen LogP contribution in [0.5, 0.6) is 0 Å². The molecule has 3 heterocycles. The van der Waals surface area contributed by atoms with Crippen LogP contribution in [0.25, 0.3) is 26.4 Å². The first-order chi connectivity index (χ1) is 16.9. The molecule has 8 heteroatoms. The SMILES string of the molecule is [C-]#[N+]c1ccc(-c2cc(C(=O)N3CCC[C@@H](N)C3)sc2-c2ccc(N3CC[C@@H](O)C3)cc2)cc1F. The van der Waals surface area contributed by atoms with E-state index in [0.29, 0.717) is 30.1 Å². The van der Waals surface area contributed by atoms with Crippen LogP contribution in [0.3, 0.4) is 0 Å². The molecule has 2 atom stereocenters. The summed E-state index contributed by atoms with van der Waals surface area (Å²) < 4.78 is 14.5. The maximum Gasteiger partial charge on any atom is 0.264 e. The standard InChI is InChI=1S/C27H27FN4O2S/c1-30-24-9-6-18(13-23(24)28)22-14-25(27(34)32-11-2-3-19(29)15-32)35-26(22)17-4-7-20(8-5-17)31-12-10-21(33)16-31/h4-9,13-14,19,21,33H,2-3,10-12,15-16,29H2/t19-,21-/m1/s1. The molecule has 0 saturated carbocycles. The molecule has 0 aliphatic carbocycles. The zero-order chi connectivity index (χ0) is 24.5. The largest absolute Gasteiger partial charge is 0.391 e. The van der Waals surface area contributed by atoms with E-state index in [-0.39, 0.29) is 23.7 Å². The highest BCUT2D eigenvalue weighted by atomic mass is 32.1. The average Bonchev–Trinajstić information content (AvgIpc) is 3.50. The second-order valence-corrected chi connectivity index (χ2v) is 10.3. The Labute approximate surface area is 208 Å². The van der Waals surface area contributed by atoms with Crippen molar-refractivity contribution in [2.45, 2.75) is 31.4 Å². The second kappa shape index (κ2) is 9.78. The summed E-state index contributed by atoms with van der Waals surface area (Å²) in [6.45, 7) is 9.78. The summed E-state index contributed by atoms with van der Waals surface area (Å²) in [6, 6.07) is 14.4. The molecule has 1 aromatic heterocycles. The number of aliphatic hydroxyl groups excluding tert-OH is 1. The molecule has 2 aromatic carbocycles. The minimum Gasteiger partial charge on any atom is -0.391 e. The van der Waals surface area contributed by atoms with Gasteiger partial charge in [-0.3, -0.25) is 4.79 Å². The van der Waals surface area contributed by atoms with Crippen molar-refractivity contribution < 1.29 is 14.3 Å². The highest BCUT2D eigenvalue weighted by Gasteiger charge is 2.26. The molecule has 3 aromatic rings. The zero-order valence-corrected chi connectivity index (χ0v) is 20.1. The van der Waals surface area contributed by atoms with Gasteiger partial charge in [-0.15, -0.1) is 11.3 Å². The molecule has 6 nitrogen and oxygen atoms in total.